The van der Waals surface area contributed by atoms with Crippen LogP contribution in [-0.4, -0.2) is 40.4 Å². The van der Waals surface area contributed by atoms with E-state index in [9.17, 15) is 14.7 Å². The summed E-state index contributed by atoms with van der Waals surface area (Å²) in [6.45, 7) is 10.2. The maximum Gasteiger partial charge on any atom is 0.251 e. The Morgan fingerprint density at radius 2 is 1.83 bits per heavy atom. The molecule has 2 atom stereocenters. The molecule has 2 unspecified atom stereocenters. The average molecular weight is 332 g/mol. The lowest BCUT2D eigenvalue weighted by molar-refractivity contribution is -0.134. The van der Waals surface area contributed by atoms with E-state index in [4.69, 9.17) is 0 Å². The van der Waals surface area contributed by atoms with Gasteiger partial charge in [0.15, 0.2) is 0 Å². The third kappa shape index (κ3) is 3.71. The second kappa shape index (κ2) is 7.24. The molecular formula is C19H28N2O3. The molecule has 2 rings (SSSR count). The molecule has 1 aliphatic rings. The fourth-order valence-electron chi connectivity index (χ4n) is 3.26. The predicted molar refractivity (Wildman–Crippen MR) is 94.1 cm³/mol. The highest BCUT2D eigenvalue weighted by Gasteiger charge is 2.33. The molecule has 1 saturated heterocycles. The van der Waals surface area contributed by atoms with Gasteiger partial charge in [0.25, 0.3) is 5.91 Å². The largest absolute Gasteiger partial charge is 0.507 e. The first-order chi connectivity index (χ1) is 11.2. The zero-order chi connectivity index (χ0) is 18.0. The van der Waals surface area contributed by atoms with Crippen LogP contribution >= 0.6 is 0 Å². The molecule has 5 heteroatoms. The minimum Gasteiger partial charge on any atom is -0.507 e. The van der Waals surface area contributed by atoms with Gasteiger partial charge in [-0.15, -0.1) is 0 Å². The van der Waals surface area contributed by atoms with Gasteiger partial charge in [0.2, 0.25) is 5.91 Å². The summed E-state index contributed by atoms with van der Waals surface area (Å²) in [4.78, 5) is 27.3. The Hall–Kier alpha value is -2.04. The van der Waals surface area contributed by atoms with Crippen LogP contribution in [0.3, 0.4) is 0 Å². The van der Waals surface area contributed by atoms with Crippen molar-refractivity contribution in [3.8, 4) is 5.75 Å². The number of aryl methyl sites for hydroxylation is 2. The van der Waals surface area contributed by atoms with Crippen molar-refractivity contribution in [3.63, 3.8) is 0 Å². The summed E-state index contributed by atoms with van der Waals surface area (Å²) in [7, 11) is 0. The fraction of sp³-hybridized carbons (Fsp3) is 0.579. The van der Waals surface area contributed by atoms with Gasteiger partial charge in [0, 0.05) is 18.2 Å². The molecular weight excluding hydrogens is 304 g/mol. The molecule has 0 spiro atoms. The number of benzene rings is 1. The van der Waals surface area contributed by atoms with Gasteiger partial charge in [-0.1, -0.05) is 13.8 Å². The highest BCUT2D eigenvalue weighted by Crippen LogP contribution is 2.23. The van der Waals surface area contributed by atoms with Crippen LogP contribution in [-0.2, 0) is 4.79 Å². The Morgan fingerprint density at radius 3 is 2.29 bits per heavy atom. The molecule has 1 fully saturated rings. The molecule has 5 nitrogen and oxygen atoms in total. The normalized spacial score (nSPS) is 18.8. The predicted octanol–water partition coefficient (Wildman–Crippen LogP) is 2.77. The number of hydrogen-bond acceptors (Lipinski definition) is 3. The smallest absolute Gasteiger partial charge is 0.251 e. The van der Waals surface area contributed by atoms with Gasteiger partial charge in [-0.25, -0.2) is 0 Å². The summed E-state index contributed by atoms with van der Waals surface area (Å²) in [6.07, 6.45) is 2.03. The quantitative estimate of drug-likeness (QED) is 0.891. The SMILES string of the molecule is Cc1cc(C(=O)NC(C(=O)N2CCCC2C)C(C)C)cc(C)c1O. The van der Waals surface area contributed by atoms with Gasteiger partial charge in [0.1, 0.15) is 11.8 Å². The second-order valence-electron chi connectivity index (χ2n) is 7.18. The van der Waals surface area contributed by atoms with E-state index in [-0.39, 0.29) is 29.5 Å². The van der Waals surface area contributed by atoms with Crippen LogP contribution in [0.1, 0.15) is 55.1 Å². The molecule has 0 bridgehead atoms. The van der Waals surface area contributed by atoms with Gasteiger partial charge >= 0.3 is 0 Å². The monoisotopic (exact) mass is 332 g/mol. The van der Waals surface area contributed by atoms with Crippen LogP contribution in [0, 0.1) is 19.8 Å². The first kappa shape index (κ1) is 18.3. The van der Waals surface area contributed by atoms with Gasteiger partial charge in [0.05, 0.1) is 0 Å². The fourth-order valence-corrected chi connectivity index (χ4v) is 3.26. The highest BCUT2D eigenvalue weighted by atomic mass is 16.3. The number of likely N-dealkylation sites (tertiary alicyclic amines) is 1. The van der Waals surface area contributed by atoms with Crippen molar-refractivity contribution in [2.24, 2.45) is 5.92 Å². The minimum atomic E-state index is -0.535. The van der Waals surface area contributed by atoms with Crippen LogP contribution in [0.2, 0.25) is 0 Å². The molecule has 24 heavy (non-hydrogen) atoms. The molecule has 1 heterocycles. The van der Waals surface area contributed by atoms with Crippen molar-refractivity contribution in [1.29, 1.82) is 0 Å². The summed E-state index contributed by atoms with van der Waals surface area (Å²) >= 11 is 0. The summed E-state index contributed by atoms with van der Waals surface area (Å²) in [6, 6.07) is 3.00. The third-order valence-electron chi connectivity index (χ3n) is 4.81. The van der Waals surface area contributed by atoms with Gasteiger partial charge in [-0.2, -0.15) is 0 Å². The summed E-state index contributed by atoms with van der Waals surface area (Å²) < 4.78 is 0. The Balaban J connectivity index is 2.18. The van der Waals surface area contributed by atoms with E-state index in [1.54, 1.807) is 26.0 Å². The number of phenolic OH excluding ortho intramolecular Hbond substituents is 1. The maximum absolute atomic E-state index is 12.8. The first-order valence-corrected chi connectivity index (χ1v) is 8.64. The molecule has 0 aliphatic carbocycles. The number of hydrogen-bond donors (Lipinski definition) is 2. The van der Waals surface area contributed by atoms with Crippen molar-refractivity contribution in [1.82, 2.24) is 10.2 Å². The lowest BCUT2D eigenvalue weighted by Crippen LogP contribution is -2.52. The lowest BCUT2D eigenvalue weighted by Gasteiger charge is -2.29. The van der Waals surface area contributed by atoms with Crippen molar-refractivity contribution < 1.29 is 14.7 Å². The molecule has 132 valence electrons. The lowest BCUT2D eigenvalue weighted by atomic mass is 10.0. The van der Waals surface area contributed by atoms with Crippen LogP contribution < -0.4 is 5.32 Å². The van der Waals surface area contributed by atoms with Crippen molar-refractivity contribution in [3.05, 3.63) is 28.8 Å². The van der Waals surface area contributed by atoms with Crippen molar-refractivity contribution in [2.45, 2.75) is 59.5 Å². The van der Waals surface area contributed by atoms with Gasteiger partial charge < -0.3 is 15.3 Å². The number of amides is 2. The van der Waals surface area contributed by atoms with E-state index in [0.717, 1.165) is 19.4 Å². The number of nitrogens with one attached hydrogen (secondary N) is 1. The Labute approximate surface area is 144 Å². The first-order valence-electron chi connectivity index (χ1n) is 8.64. The zero-order valence-corrected chi connectivity index (χ0v) is 15.2. The minimum absolute atomic E-state index is 0.00410. The summed E-state index contributed by atoms with van der Waals surface area (Å²) in [5.74, 6) is -0.0711. The number of carbonyl (C=O) groups excluding carboxylic acids is 2. The van der Waals surface area contributed by atoms with Crippen LogP contribution in [0.4, 0.5) is 0 Å². The summed E-state index contributed by atoms with van der Waals surface area (Å²) in [5, 5.41) is 12.7. The van der Waals surface area contributed by atoms with E-state index >= 15 is 0 Å². The molecule has 2 N–H and O–H groups in total. The van der Waals surface area contributed by atoms with E-state index in [1.807, 2.05) is 18.7 Å². The van der Waals surface area contributed by atoms with Crippen molar-refractivity contribution in [2.75, 3.05) is 6.54 Å². The Bertz CT molecular complexity index is 616. The number of rotatable bonds is 4. The number of carbonyl (C=O) groups is 2. The number of aromatic hydroxyl groups is 1. The topological polar surface area (TPSA) is 69.6 Å². The number of nitrogens with zero attached hydrogens (tertiary/aromatic N) is 1. The maximum atomic E-state index is 12.8. The third-order valence-corrected chi connectivity index (χ3v) is 4.81. The molecule has 0 radical (unpaired) electrons. The molecule has 0 aromatic heterocycles. The van der Waals surface area contributed by atoms with E-state index < -0.39 is 6.04 Å². The molecule has 1 aliphatic heterocycles. The molecule has 2 amide bonds. The standard InChI is InChI=1S/C19H28N2O3/c1-11(2)16(19(24)21-8-6-7-14(21)5)20-18(23)15-9-12(3)17(22)13(4)10-15/h9-11,14,16,22H,6-8H2,1-5H3,(H,20,23). The van der Waals surface area contributed by atoms with E-state index in [2.05, 4.69) is 12.2 Å². The summed E-state index contributed by atoms with van der Waals surface area (Å²) in [5.41, 5.74) is 1.78. The van der Waals surface area contributed by atoms with Crippen LogP contribution in [0.15, 0.2) is 12.1 Å². The highest BCUT2D eigenvalue weighted by molar-refractivity contribution is 5.98. The van der Waals surface area contributed by atoms with Crippen LogP contribution in [0.5, 0.6) is 5.75 Å². The van der Waals surface area contributed by atoms with E-state index in [1.165, 1.54) is 0 Å². The Morgan fingerprint density at radius 1 is 1.25 bits per heavy atom. The average Bonchev–Trinajstić information content (AvgIpc) is 2.94. The molecule has 1 aromatic carbocycles. The molecule has 1 aromatic rings. The van der Waals surface area contributed by atoms with Gasteiger partial charge in [-0.05, 0) is 62.8 Å². The van der Waals surface area contributed by atoms with Gasteiger partial charge in [-0.3, -0.25) is 9.59 Å². The van der Waals surface area contributed by atoms with Crippen LogP contribution in [0.25, 0.3) is 0 Å². The Kier molecular flexibility index (Phi) is 5.52. The van der Waals surface area contributed by atoms with Crippen molar-refractivity contribution >= 4 is 11.8 Å². The molecule has 0 saturated carbocycles. The second-order valence-corrected chi connectivity index (χ2v) is 7.18. The number of phenols is 1. The zero-order valence-electron chi connectivity index (χ0n) is 15.2. The van der Waals surface area contributed by atoms with E-state index in [0.29, 0.717) is 16.7 Å².